The van der Waals surface area contributed by atoms with E-state index in [1.165, 1.54) is 12.8 Å². The fraction of sp³-hybridized carbons (Fsp3) is 0.389. The number of furan rings is 1. The maximum absolute atomic E-state index is 13.8. The van der Waals surface area contributed by atoms with E-state index in [0.29, 0.717) is 46.1 Å². The molecule has 3 fully saturated rings. The molecule has 0 N–H and O–H groups in total. The van der Waals surface area contributed by atoms with E-state index in [1.807, 2.05) is 48.5 Å². The fourth-order valence-corrected chi connectivity index (χ4v) is 6.56. The molecule has 7 heteroatoms. The van der Waals surface area contributed by atoms with Gasteiger partial charge in [-0.05, 0) is 86.6 Å². The molecule has 2 saturated heterocycles. The Balaban J connectivity index is 1.01. The molecule has 2 aromatic carbocycles. The number of carbonyl (C=O) groups is 1. The van der Waals surface area contributed by atoms with Crippen molar-refractivity contribution in [2.45, 2.75) is 32.1 Å². The largest absolute Gasteiger partial charge is 0.493 e. The lowest BCUT2D eigenvalue weighted by atomic mass is 9.71. The van der Waals surface area contributed by atoms with Crippen LogP contribution in [0.25, 0.3) is 11.0 Å². The Kier molecular flexibility index (Phi) is 6.15. The van der Waals surface area contributed by atoms with Gasteiger partial charge in [-0.3, -0.25) is 9.69 Å². The summed E-state index contributed by atoms with van der Waals surface area (Å²) < 4.78 is 23.8. The van der Waals surface area contributed by atoms with E-state index < -0.39 is 5.41 Å². The summed E-state index contributed by atoms with van der Waals surface area (Å²) in [6, 6.07) is 15.3. The van der Waals surface area contributed by atoms with Gasteiger partial charge in [-0.1, -0.05) is 5.92 Å². The maximum atomic E-state index is 13.8. The first kappa shape index (κ1) is 26.5. The maximum Gasteiger partial charge on any atom is 0.197 e. The summed E-state index contributed by atoms with van der Waals surface area (Å²) in [5.41, 5.74) is 4.24. The molecule has 4 heterocycles. The lowest BCUT2D eigenvalue weighted by molar-refractivity contribution is -0.189. The van der Waals surface area contributed by atoms with Crippen molar-refractivity contribution in [1.29, 1.82) is 0 Å². The molecule has 43 heavy (non-hydrogen) atoms. The van der Waals surface area contributed by atoms with Crippen LogP contribution in [0, 0.1) is 23.2 Å². The van der Waals surface area contributed by atoms with Gasteiger partial charge in [0.1, 0.15) is 35.1 Å². The van der Waals surface area contributed by atoms with Gasteiger partial charge in [-0.15, -0.1) is 0 Å². The minimum absolute atomic E-state index is 0.0192. The third kappa shape index (κ3) is 4.79. The Hall–Kier alpha value is -4.12. The van der Waals surface area contributed by atoms with E-state index in [9.17, 15) is 4.79 Å². The van der Waals surface area contributed by atoms with Gasteiger partial charge < -0.3 is 18.6 Å². The van der Waals surface area contributed by atoms with Gasteiger partial charge in [0.25, 0.3) is 0 Å². The van der Waals surface area contributed by atoms with Crippen LogP contribution in [0.15, 0.2) is 59.1 Å². The van der Waals surface area contributed by atoms with Crippen molar-refractivity contribution < 1.29 is 23.4 Å². The number of likely N-dealkylation sites (tertiary alicyclic amines) is 1. The monoisotopic (exact) mass is 574 g/mol. The molecule has 2 aromatic heterocycles. The van der Waals surface area contributed by atoms with Gasteiger partial charge in [0, 0.05) is 59.2 Å². The summed E-state index contributed by atoms with van der Waals surface area (Å²) in [6.07, 6.45) is 4.22. The molecule has 8 rings (SSSR count). The van der Waals surface area contributed by atoms with Crippen molar-refractivity contribution in [2.75, 3.05) is 46.1 Å². The van der Waals surface area contributed by atoms with Crippen LogP contribution in [0.2, 0.25) is 0 Å². The molecule has 0 atom stereocenters. The topological polar surface area (TPSA) is 74.0 Å². The number of fused-ring (bicyclic) bond motifs is 4. The molecule has 0 radical (unpaired) electrons. The molecule has 4 aromatic rings. The van der Waals surface area contributed by atoms with E-state index in [4.69, 9.17) is 18.6 Å². The van der Waals surface area contributed by atoms with Crippen LogP contribution in [0.1, 0.15) is 65.2 Å². The molecule has 218 valence electrons. The van der Waals surface area contributed by atoms with Crippen LogP contribution >= 0.6 is 0 Å². The molecule has 4 aliphatic rings. The van der Waals surface area contributed by atoms with Crippen molar-refractivity contribution in [3.8, 4) is 23.3 Å². The van der Waals surface area contributed by atoms with Gasteiger partial charge in [0.15, 0.2) is 5.78 Å². The highest BCUT2D eigenvalue weighted by atomic mass is 16.5. The van der Waals surface area contributed by atoms with E-state index in [-0.39, 0.29) is 5.78 Å². The SMILES string of the molecule is CC1(C)c2cc(OCCN3CC4(COC4)C3)ccc2C(=O)c2c1oc1cc(C#Cc3cc(OCC4CC4)ccn3)ccc21. The van der Waals surface area contributed by atoms with E-state index in [0.717, 1.165) is 67.5 Å². The van der Waals surface area contributed by atoms with Crippen LogP contribution < -0.4 is 9.47 Å². The van der Waals surface area contributed by atoms with Gasteiger partial charge in [0.05, 0.1) is 25.4 Å². The lowest BCUT2D eigenvalue weighted by Gasteiger charge is -2.55. The minimum Gasteiger partial charge on any atom is -0.493 e. The zero-order valence-corrected chi connectivity index (χ0v) is 24.6. The molecular formula is C36H34N2O5. The second-order valence-electron chi connectivity index (χ2n) is 13.1. The molecule has 1 spiro atoms. The van der Waals surface area contributed by atoms with Crippen molar-refractivity contribution in [2.24, 2.45) is 11.3 Å². The fourth-order valence-electron chi connectivity index (χ4n) is 6.56. The Morgan fingerprint density at radius 3 is 2.63 bits per heavy atom. The van der Waals surface area contributed by atoms with Gasteiger partial charge >= 0.3 is 0 Å². The normalized spacial score (nSPS) is 19.5. The van der Waals surface area contributed by atoms with Crippen LogP contribution in [0.5, 0.6) is 11.5 Å². The number of benzene rings is 2. The molecule has 0 amide bonds. The number of nitrogens with zero attached hydrogens (tertiary/aromatic N) is 2. The second-order valence-corrected chi connectivity index (χ2v) is 13.1. The zero-order valence-electron chi connectivity index (χ0n) is 24.6. The lowest BCUT2D eigenvalue weighted by Crippen LogP contribution is -2.66. The molecule has 1 saturated carbocycles. The summed E-state index contributed by atoms with van der Waals surface area (Å²) in [5, 5.41) is 0.808. The number of ether oxygens (including phenoxy) is 3. The number of ketones is 1. The van der Waals surface area contributed by atoms with Crippen molar-refractivity contribution in [3.05, 3.63) is 88.4 Å². The number of hydrogen-bond donors (Lipinski definition) is 0. The van der Waals surface area contributed by atoms with Gasteiger partial charge in [-0.25, -0.2) is 4.98 Å². The highest BCUT2D eigenvalue weighted by molar-refractivity contribution is 6.19. The standard InChI is InChI=1S/C36H34N2O5/c1-35(2)30-17-26(41-14-13-38-19-36(20-38)21-40-22-36)8-10-28(30)33(39)32-29-9-6-23(15-31(29)43-34(32)35)5-7-25-16-27(11-12-37-25)42-18-24-3-4-24/h6,8-12,15-17,24H,3-4,13-14,18-22H2,1-2H3. The first-order valence-electron chi connectivity index (χ1n) is 15.2. The van der Waals surface area contributed by atoms with E-state index >= 15 is 0 Å². The first-order valence-corrected chi connectivity index (χ1v) is 15.2. The molecule has 2 aliphatic carbocycles. The van der Waals surface area contributed by atoms with Crippen LogP contribution in [-0.2, 0) is 10.2 Å². The number of pyridine rings is 1. The zero-order chi connectivity index (χ0) is 29.2. The summed E-state index contributed by atoms with van der Waals surface area (Å²) in [4.78, 5) is 20.6. The van der Waals surface area contributed by atoms with Crippen molar-refractivity contribution >= 4 is 16.8 Å². The molecule has 7 nitrogen and oxygen atoms in total. The summed E-state index contributed by atoms with van der Waals surface area (Å²) in [5.74, 6) is 9.26. The quantitative estimate of drug-likeness (QED) is 0.266. The summed E-state index contributed by atoms with van der Waals surface area (Å²) in [6.45, 7) is 10.4. The predicted molar refractivity (Wildman–Crippen MR) is 162 cm³/mol. The highest BCUT2D eigenvalue weighted by Gasteiger charge is 2.48. The average molecular weight is 575 g/mol. The second kappa shape index (κ2) is 9.97. The Labute approximate surface area is 251 Å². The Morgan fingerprint density at radius 1 is 1.00 bits per heavy atom. The molecule has 2 aliphatic heterocycles. The number of rotatable bonds is 7. The number of aromatic nitrogens is 1. The third-order valence-electron chi connectivity index (χ3n) is 9.25. The molecule has 0 bridgehead atoms. The van der Waals surface area contributed by atoms with E-state index in [2.05, 4.69) is 35.6 Å². The minimum atomic E-state index is -0.512. The summed E-state index contributed by atoms with van der Waals surface area (Å²) >= 11 is 0. The molecule has 0 unspecified atom stereocenters. The third-order valence-corrected chi connectivity index (χ3v) is 9.25. The Bertz CT molecular complexity index is 1810. The van der Waals surface area contributed by atoms with Crippen molar-refractivity contribution in [1.82, 2.24) is 9.88 Å². The predicted octanol–water partition coefficient (Wildman–Crippen LogP) is 5.60. The molecular weight excluding hydrogens is 540 g/mol. The first-order chi connectivity index (χ1) is 20.9. The highest BCUT2D eigenvalue weighted by Crippen LogP contribution is 2.46. The smallest absolute Gasteiger partial charge is 0.197 e. The summed E-state index contributed by atoms with van der Waals surface area (Å²) in [7, 11) is 0. The van der Waals surface area contributed by atoms with Crippen LogP contribution in [0.3, 0.4) is 0 Å². The average Bonchev–Trinajstić information content (AvgIpc) is 3.72. The van der Waals surface area contributed by atoms with Gasteiger partial charge in [0.2, 0.25) is 0 Å². The number of carbonyl (C=O) groups excluding carboxylic acids is 1. The number of hydrogen-bond acceptors (Lipinski definition) is 7. The van der Waals surface area contributed by atoms with Crippen LogP contribution in [0.4, 0.5) is 0 Å². The Morgan fingerprint density at radius 2 is 1.84 bits per heavy atom. The van der Waals surface area contributed by atoms with E-state index in [1.54, 1.807) is 6.20 Å². The van der Waals surface area contributed by atoms with Gasteiger partial charge in [-0.2, -0.15) is 0 Å². The van der Waals surface area contributed by atoms with Crippen LogP contribution in [-0.4, -0.2) is 61.7 Å². The van der Waals surface area contributed by atoms with Crippen molar-refractivity contribution in [3.63, 3.8) is 0 Å².